The third kappa shape index (κ3) is 11.1. The van der Waals surface area contributed by atoms with Gasteiger partial charge in [0.2, 0.25) is 17.7 Å². The maximum Gasteiger partial charge on any atom is 0.408 e. The molecule has 2 rings (SSSR count). The van der Waals surface area contributed by atoms with Crippen LogP contribution >= 0.6 is 0 Å². The number of carbonyl (C=O) groups is 4. The Morgan fingerprint density at radius 1 is 1.05 bits per heavy atom. The lowest BCUT2D eigenvalue weighted by Gasteiger charge is -2.34. The number of aryl methyl sites for hydroxylation is 1. The number of unbranched alkanes of at least 4 members (excludes halogenated alkanes) is 2. The van der Waals surface area contributed by atoms with E-state index < -0.39 is 41.5 Å². The van der Waals surface area contributed by atoms with Gasteiger partial charge in [0.1, 0.15) is 23.4 Å². The Kier molecular flexibility index (Phi) is 12.6. The number of benzene rings is 2. The summed E-state index contributed by atoms with van der Waals surface area (Å²) in [4.78, 5) is 53.8. The van der Waals surface area contributed by atoms with Gasteiger partial charge in [0.05, 0.1) is 0 Å². The largest absolute Gasteiger partial charge is 0.508 e. The van der Waals surface area contributed by atoms with Crippen molar-refractivity contribution in [2.45, 2.75) is 91.0 Å². The smallest absolute Gasteiger partial charge is 0.408 e. The summed E-state index contributed by atoms with van der Waals surface area (Å²) < 4.78 is 5.37. The third-order valence-corrected chi connectivity index (χ3v) is 6.36. The molecule has 2 atom stereocenters. The Hall–Kier alpha value is -4.08. The second-order valence-corrected chi connectivity index (χ2v) is 11.1. The van der Waals surface area contributed by atoms with E-state index in [-0.39, 0.29) is 31.7 Å². The Morgan fingerprint density at radius 2 is 1.73 bits per heavy atom. The minimum atomic E-state index is -1.17. The number of alkyl carbamates (subject to hydrolysis) is 1. The number of primary amides is 1. The summed E-state index contributed by atoms with van der Waals surface area (Å²) in [6.45, 7) is 9.29. The first-order chi connectivity index (χ1) is 19.3. The third-order valence-electron chi connectivity index (χ3n) is 6.36. The molecule has 0 saturated carbocycles. The van der Waals surface area contributed by atoms with Crippen molar-refractivity contribution < 1.29 is 29.0 Å². The number of hydrogen-bond acceptors (Lipinski definition) is 6. The van der Waals surface area contributed by atoms with Gasteiger partial charge in [0.25, 0.3) is 0 Å². The molecule has 5 N–H and O–H groups in total. The summed E-state index contributed by atoms with van der Waals surface area (Å²) in [5.74, 6) is -1.53. The molecule has 0 bridgehead atoms. The molecule has 41 heavy (non-hydrogen) atoms. The van der Waals surface area contributed by atoms with E-state index in [4.69, 9.17) is 10.5 Å². The highest BCUT2D eigenvalue weighted by atomic mass is 16.6. The SMILES string of the molecule is CCCCCN(C(=O)C(CCC(N)=O)NC(=O)OC(C)(C)C)C(C(=O)NCc1ccccc1)c1ccc(O)c(C)c1. The molecule has 0 spiro atoms. The summed E-state index contributed by atoms with van der Waals surface area (Å²) in [5, 5.41) is 15.7. The van der Waals surface area contributed by atoms with Gasteiger partial charge in [-0.1, -0.05) is 56.2 Å². The lowest BCUT2D eigenvalue weighted by atomic mass is 9.99. The fourth-order valence-corrected chi connectivity index (χ4v) is 4.30. The molecule has 0 aliphatic heterocycles. The first-order valence-corrected chi connectivity index (χ1v) is 14.0. The normalized spacial score (nSPS) is 12.6. The number of carbonyl (C=O) groups excluding carboxylic acids is 4. The molecule has 10 heteroatoms. The molecule has 0 radical (unpaired) electrons. The van der Waals surface area contributed by atoms with Crippen LogP contribution in [0.3, 0.4) is 0 Å². The molecule has 0 saturated heterocycles. The van der Waals surface area contributed by atoms with Gasteiger partial charge >= 0.3 is 6.09 Å². The number of phenols is 1. The van der Waals surface area contributed by atoms with Gasteiger partial charge < -0.3 is 31.1 Å². The average Bonchev–Trinajstić information content (AvgIpc) is 2.90. The number of nitrogens with one attached hydrogen (secondary N) is 2. The average molecular weight is 569 g/mol. The van der Waals surface area contributed by atoms with Crippen LogP contribution in [0.15, 0.2) is 48.5 Å². The zero-order valence-corrected chi connectivity index (χ0v) is 24.7. The fourth-order valence-electron chi connectivity index (χ4n) is 4.30. The van der Waals surface area contributed by atoms with Gasteiger partial charge in [-0.2, -0.15) is 0 Å². The van der Waals surface area contributed by atoms with Crippen LogP contribution in [0.25, 0.3) is 0 Å². The first-order valence-electron chi connectivity index (χ1n) is 14.0. The van der Waals surface area contributed by atoms with Crippen LogP contribution in [-0.4, -0.2) is 52.0 Å². The van der Waals surface area contributed by atoms with Crippen molar-refractivity contribution in [3.63, 3.8) is 0 Å². The highest BCUT2D eigenvalue weighted by Crippen LogP contribution is 2.28. The Balaban J connectivity index is 2.52. The van der Waals surface area contributed by atoms with E-state index in [1.165, 1.54) is 11.0 Å². The van der Waals surface area contributed by atoms with Crippen LogP contribution < -0.4 is 16.4 Å². The van der Waals surface area contributed by atoms with Gasteiger partial charge in [-0.25, -0.2) is 4.79 Å². The van der Waals surface area contributed by atoms with Crippen molar-refractivity contribution in [3.05, 3.63) is 65.2 Å². The molecule has 224 valence electrons. The lowest BCUT2D eigenvalue weighted by Crippen LogP contribution is -2.53. The molecule has 10 nitrogen and oxygen atoms in total. The second-order valence-electron chi connectivity index (χ2n) is 11.1. The van der Waals surface area contributed by atoms with Gasteiger partial charge in [0.15, 0.2) is 0 Å². The number of ether oxygens (including phenoxy) is 1. The van der Waals surface area contributed by atoms with Gasteiger partial charge in [-0.15, -0.1) is 0 Å². The van der Waals surface area contributed by atoms with Crippen LogP contribution in [0.5, 0.6) is 5.75 Å². The van der Waals surface area contributed by atoms with Gasteiger partial charge in [-0.05, 0) is 69.4 Å². The van der Waals surface area contributed by atoms with E-state index in [0.717, 1.165) is 18.4 Å². The number of phenolic OH excluding ortho intramolecular Hbond substituents is 1. The zero-order chi connectivity index (χ0) is 30.6. The van der Waals surface area contributed by atoms with Crippen LogP contribution in [0, 0.1) is 6.92 Å². The predicted molar refractivity (Wildman–Crippen MR) is 157 cm³/mol. The van der Waals surface area contributed by atoms with Crippen molar-refractivity contribution in [2.75, 3.05) is 6.54 Å². The Morgan fingerprint density at radius 3 is 2.32 bits per heavy atom. The minimum Gasteiger partial charge on any atom is -0.508 e. The maximum atomic E-state index is 14.2. The minimum absolute atomic E-state index is 0.0620. The number of nitrogens with zero attached hydrogens (tertiary/aromatic N) is 1. The molecule has 0 heterocycles. The standard InChI is InChI=1S/C31H44N4O6/c1-6-7-11-18-35(29(39)24(15-17-26(32)37)34-30(40)41-31(3,4)5)27(23-14-16-25(36)21(2)19-23)28(38)33-20-22-12-9-8-10-13-22/h8-10,12-14,16,19,24,27,36H,6-7,11,15,17-18,20H2,1-5H3,(H2,32,37)(H,33,38)(H,34,40). The van der Waals surface area contributed by atoms with Crippen molar-refractivity contribution in [3.8, 4) is 5.75 Å². The van der Waals surface area contributed by atoms with Crippen molar-refractivity contribution in [1.29, 1.82) is 0 Å². The molecule has 4 amide bonds. The molecular formula is C31H44N4O6. The fraction of sp³-hybridized carbons (Fsp3) is 0.484. The highest BCUT2D eigenvalue weighted by Gasteiger charge is 2.36. The van der Waals surface area contributed by atoms with Crippen LogP contribution in [0.4, 0.5) is 4.79 Å². The van der Waals surface area contributed by atoms with Gasteiger partial charge in [-0.3, -0.25) is 14.4 Å². The molecule has 0 aliphatic rings. The molecule has 2 aromatic rings. The van der Waals surface area contributed by atoms with E-state index in [2.05, 4.69) is 10.6 Å². The molecule has 0 fully saturated rings. The van der Waals surface area contributed by atoms with Crippen LogP contribution in [0.1, 0.15) is 82.5 Å². The molecule has 2 unspecified atom stereocenters. The number of aromatic hydroxyl groups is 1. The lowest BCUT2D eigenvalue weighted by molar-refractivity contribution is -0.143. The highest BCUT2D eigenvalue weighted by molar-refractivity contribution is 5.92. The monoisotopic (exact) mass is 568 g/mol. The second kappa shape index (κ2) is 15.6. The van der Waals surface area contributed by atoms with E-state index >= 15 is 0 Å². The summed E-state index contributed by atoms with van der Waals surface area (Å²) in [6, 6.07) is 11.9. The quantitative estimate of drug-likeness (QED) is 0.250. The zero-order valence-electron chi connectivity index (χ0n) is 24.7. The summed E-state index contributed by atoms with van der Waals surface area (Å²) in [7, 11) is 0. The topological polar surface area (TPSA) is 151 Å². The molecule has 0 aliphatic carbocycles. The van der Waals surface area contributed by atoms with E-state index in [1.54, 1.807) is 39.8 Å². The predicted octanol–water partition coefficient (Wildman–Crippen LogP) is 4.24. The number of amides is 4. The van der Waals surface area contributed by atoms with E-state index in [0.29, 0.717) is 17.5 Å². The van der Waals surface area contributed by atoms with Crippen LogP contribution in [-0.2, 0) is 25.7 Å². The summed E-state index contributed by atoms with van der Waals surface area (Å²) >= 11 is 0. The molecular weight excluding hydrogens is 524 g/mol. The number of hydrogen-bond donors (Lipinski definition) is 4. The maximum absolute atomic E-state index is 14.2. The number of rotatable bonds is 14. The Labute approximate surface area is 242 Å². The van der Waals surface area contributed by atoms with E-state index in [9.17, 15) is 24.3 Å². The van der Waals surface area contributed by atoms with E-state index in [1.807, 2.05) is 37.3 Å². The van der Waals surface area contributed by atoms with Crippen LogP contribution in [0.2, 0.25) is 0 Å². The van der Waals surface area contributed by atoms with Crippen molar-refractivity contribution in [1.82, 2.24) is 15.5 Å². The summed E-state index contributed by atoms with van der Waals surface area (Å²) in [5.41, 5.74) is 6.49. The van der Waals surface area contributed by atoms with Gasteiger partial charge in [0, 0.05) is 19.5 Å². The molecule has 2 aromatic carbocycles. The first kappa shape index (κ1) is 33.1. The van der Waals surface area contributed by atoms with Crippen molar-refractivity contribution in [2.24, 2.45) is 5.73 Å². The molecule has 0 aromatic heterocycles. The summed E-state index contributed by atoms with van der Waals surface area (Å²) in [6.07, 6.45) is 1.26. The van der Waals surface area contributed by atoms with Crippen molar-refractivity contribution >= 4 is 23.8 Å². The Bertz CT molecular complexity index is 1180. The number of nitrogens with two attached hydrogens (primary N) is 1.